The van der Waals surface area contributed by atoms with Gasteiger partial charge in [-0.1, -0.05) is 32.0 Å². The van der Waals surface area contributed by atoms with Crippen LogP contribution in [0.4, 0.5) is 0 Å². The van der Waals surface area contributed by atoms with Crippen molar-refractivity contribution in [3.05, 3.63) is 11.5 Å². The molecule has 0 radical (unpaired) electrons. The summed E-state index contributed by atoms with van der Waals surface area (Å²) >= 11 is 1.70. The van der Waals surface area contributed by atoms with Crippen molar-refractivity contribution in [1.82, 2.24) is 10.3 Å². The molecule has 0 spiro atoms. The number of hydrogen-bond acceptors (Lipinski definition) is 4. The van der Waals surface area contributed by atoms with E-state index in [0.29, 0.717) is 5.25 Å². The van der Waals surface area contributed by atoms with E-state index in [1.807, 2.05) is 13.8 Å². The summed E-state index contributed by atoms with van der Waals surface area (Å²) in [6, 6.07) is 0. The molecule has 0 bridgehead atoms. The third-order valence-corrected chi connectivity index (χ3v) is 3.40. The van der Waals surface area contributed by atoms with Crippen molar-refractivity contribution in [2.75, 3.05) is 13.1 Å². The Labute approximate surface area is 102 Å². The Morgan fingerprint density at radius 1 is 1.44 bits per heavy atom. The van der Waals surface area contributed by atoms with Crippen molar-refractivity contribution in [2.24, 2.45) is 0 Å². The van der Waals surface area contributed by atoms with E-state index in [0.717, 1.165) is 29.8 Å². The van der Waals surface area contributed by atoms with Crippen LogP contribution in [0.3, 0.4) is 0 Å². The first-order chi connectivity index (χ1) is 7.63. The zero-order valence-corrected chi connectivity index (χ0v) is 11.5. The van der Waals surface area contributed by atoms with Crippen molar-refractivity contribution in [3.8, 4) is 0 Å². The molecule has 1 N–H and O–H groups in total. The lowest BCUT2D eigenvalue weighted by Gasteiger charge is -2.09. The number of thioether (sulfide) groups is 1. The largest absolute Gasteiger partial charge is 0.437 e. The van der Waals surface area contributed by atoms with Crippen LogP contribution in [0.25, 0.3) is 0 Å². The van der Waals surface area contributed by atoms with E-state index in [2.05, 4.69) is 24.1 Å². The Balaban J connectivity index is 2.25. The maximum absolute atomic E-state index is 5.54. The standard InChI is InChI=1S/C12H22N2OS/c1-5-6-7-13-8-9(2)16-12-14-10(3)11(4)15-12/h9,13H,5-8H2,1-4H3. The van der Waals surface area contributed by atoms with Gasteiger partial charge in [0.15, 0.2) is 0 Å². The van der Waals surface area contributed by atoms with Gasteiger partial charge in [-0.3, -0.25) is 0 Å². The molecule has 1 aromatic heterocycles. The Morgan fingerprint density at radius 2 is 2.19 bits per heavy atom. The number of rotatable bonds is 7. The van der Waals surface area contributed by atoms with Gasteiger partial charge in [-0.2, -0.15) is 0 Å². The molecule has 0 amide bonds. The minimum Gasteiger partial charge on any atom is -0.437 e. The van der Waals surface area contributed by atoms with E-state index in [4.69, 9.17) is 4.42 Å². The van der Waals surface area contributed by atoms with Crippen LogP contribution in [0.5, 0.6) is 0 Å². The Kier molecular flexibility index (Phi) is 5.91. The fourth-order valence-electron chi connectivity index (χ4n) is 1.31. The molecule has 1 atom stereocenters. The zero-order valence-electron chi connectivity index (χ0n) is 10.7. The van der Waals surface area contributed by atoms with Gasteiger partial charge in [-0.05, 0) is 26.8 Å². The lowest BCUT2D eigenvalue weighted by atomic mass is 10.3. The van der Waals surface area contributed by atoms with Crippen LogP contribution in [0, 0.1) is 13.8 Å². The second-order valence-corrected chi connectivity index (χ2v) is 5.50. The molecule has 4 heteroatoms. The van der Waals surface area contributed by atoms with Crippen LogP contribution in [0.15, 0.2) is 9.64 Å². The van der Waals surface area contributed by atoms with Gasteiger partial charge in [0.2, 0.25) is 0 Å². The highest BCUT2D eigenvalue weighted by Crippen LogP contribution is 2.23. The van der Waals surface area contributed by atoms with Crippen LogP contribution in [0.1, 0.15) is 38.1 Å². The first kappa shape index (κ1) is 13.6. The zero-order chi connectivity index (χ0) is 12.0. The van der Waals surface area contributed by atoms with Gasteiger partial charge in [-0.25, -0.2) is 4.98 Å². The monoisotopic (exact) mass is 242 g/mol. The SMILES string of the molecule is CCCCNCC(C)Sc1nc(C)c(C)o1. The quantitative estimate of drug-likeness (QED) is 0.589. The third-order valence-electron chi connectivity index (χ3n) is 2.45. The lowest BCUT2D eigenvalue weighted by molar-refractivity contribution is 0.430. The van der Waals surface area contributed by atoms with E-state index in [9.17, 15) is 0 Å². The van der Waals surface area contributed by atoms with Crippen molar-refractivity contribution in [2.45, 2.75) is 51.0 Å². The van der Waals surface area contributed by atoms with Crippen LogP contribution in [-0.2, 0) is 0 Å². The first-order valence-electron chi connectivity index (χ1n) is 5.95. The summed E-state index contributed by atoms with van der Waals surface area (Å²) in [6.45, 7) is 10.4. The highest BCUT2D eigenvalue weighted by atomic mass is 32.2. The number of unbranched alkanes of at least 4 members (excludes halogenated alkanes) is 1. The molecule has 3 nitrogen and oxygen atoms in total. The molecule has 1 aromatic rings. The van der Waals surface area contributed by atoms with Gasteiger partial charge in [-0.15, -0.1) is 0 Å². The maximum Gasteiger partial charge on any atom is 0.256 e. The molecular weight excluding hydrogens is 220 g/mol. The summed E-state index contributed by atoms with van der Waals surface area (Å²) in [5.74, 6) is 0.925. The fraction of sp³-hybridized carbons (Fsp3) is 0.750. The molecule has 92 valence electrons. The van der Waals surface area contributed by atoms with Crippen LogP contribution in [-0.4, -0.2) is 23.3 Å². The molecule has 0 aliphatic heterocycles. The van der Waals surface area contributed by atoms with Gasteiger partial charge in [0.1, 0.15) is 5.76 Å². The minimum atomic E-state index is 0.495. The predicted molar refractivity (Wildman–Crippen MR) is 69.1 cm³/mol. The Bertz CT molecular complexity index is 292. The normalized spacial score (nSPS) is 13.0. The smallest absolute Gasteiger partial charge is 0.256 e. The van der Waals surface area contributed by atoms with Crippen molar-refractivity contribution < 1.29 is 4.42 Å². The Hall–Kier alpha value is -0.480. The summed E-state index contributed by atoms with van der Waals surface area (Å²) in [7, 11) is 0. The number of hydrogen-bond donors (Lipinski definition) is 1. The molecule has 0 aromatic carbocycles. The van der Waals surface area contributed by atoms with E-state index in [1.165, 1.54) is 12.8 Å². The van der Waals surface area contributed by atoms with E-state index in [-0.39, 0.29) is 0 Å². The number of aromatic nitrogens is 1. The van der Waals surface area contributed by atoms with E-state index < -0.39 is 0 Å². The van der Waals surface area contributed by atoms with Gasteiger partial charge in [0.25, 0.3) is 5.22 Å². The Morgan fingerprint density at radius 3 is 2.75 bits per heavy atom. The summed E-state index contributed by atoms with van der Waals surface area (Å²) in [4.78, 5) is 4.36. The molecule has 1 rings (SSSR count). The topological polar surface area (TPSA) is 38.1 Å². The molecule has 1 unspecified atom stereocenters. The van der Waals surface area contributed by atoms with Gasteiger partial charge in [0, 0.05) is 11.8 Å². The maximum atomic E-state index is 5.54. The fourth-order valence-corrected chi connectivity index (χ4v) is 2.22. The number of aryl methyl sites for hydroxylation is 2. The molecule has 16 heavy (non-hydrogen) atoms. The van der Waals surface area contributed by atoms with E-state index >= 15 is 0 Å². The molecule has 0 saturated carbocycles. The molecule has 0 aliphatic rings. The number of oxazole rings is 1. The average molecular weight is 242 g/mol. The molecular formula is C12H22N2OS. The van der Waals surface area contributed by atoms with Crippen molar-refractivity contribution >= 4 is 11.8 Å². The molecule has 0 aliphatic carbocycles. The van der Waals surface area contributed by atoms with Crippen molar-refractivity contribution in [1.29, 1.82) is 0 Å². The highest BCUT2D eigenvalue weighted by Gasteiger charge is 2.10. The second kappa shape index (κ2) is 6.97. The average Bonchev–Trinajstić information content (AvgIpc) is 2.53. The van der Waals surface area contributed by atoms with E-state index in [1.54, 1.807) is 11.8 Å². The molecule has 1 heterocycles. The third kappa shape index (κ3) is 4.58. The first-order valence-corrected chi connectivity index (χ1v) is 6.82. The molecule has 0 saturated heterocycles. The summed E-state index contributed by atoms with van der Waals surface area (Å²) in [6.07, 6.45) is 2.49. The predicted octanol–water partition coefficient (Wildman–Crippen LogP) is 3.16. The summed E-state index contributed by atoms with van der Waals surface area (Å²) < 4.78 is 5.54. The van der Waals surface area contributed by atoms with Crippen LogP contribution in [0.2, 0.25) is 0 Å². The van der Waals surface area contributed by atoms with Gasteiger partial charge < -0.3 is 9.73 Å². The van der Waals surface area contributed by atoms with Crippen LogP contribution < -0.4 is 5.32 Å². The molecule has 0 fully saturated rings. The number of nitrogens with zero attached hydrogens (tertiary/aromatic N) is 1. The highest BCUT2D eigenvalue weighted by molar-refractivity contribution is 7.99. The second-order valence-electron chi connectivity index (χ2n) is 4.11. The van der Waals surface area contributed by atoms with Crippen LogP contribution >= 0.6 is 11.8 Å². The van der Waals surface area contributed by atoms with Gasteiger partial charge >= 0.3 is 0 Å². The number of nitrogens with one attached hydrogen (secondary N) is 1. The summed E-state index contributed by atoms with van der Waals surface area (Å²) in [5, 5.41) is 4.72. The lowest BCUT2D eigenvalue weighted by Crippen LogP contribution is -2.23. The van der Waals surface area contributed by atoms with Gasteiger partial charge in [0.05, 0.1) is 5.69 Å². The minimum absolute atomic E-state index is 0.495. The van der Waals surface area contributed by atoms with Crippen molar-refractivity contribution in [3.63, 3.8) is 0 Å². The summed E-state index contributed by atoms with van der Waals surface area (Å²) in [5.41, 5.74) is 0.994.